The molecule has 21 heavy (non-hydrogen) atoms. The Morgan fingerprint density at radius 1 is 1.24 bits per heavy atom. The van der Waals surface area contributed by atoms with Crippen LogP contribution in [0, 0.1) is 0 Å². The predicted octanol–water partition coefficient (Wildman–Crippen LogP) is 2.68. The van der Waals surface area contributed by atoms with Crippen LogP contribution in [0.5, 0.6) is 0 Å². The number of halogens is 3. The van der Waals surface area contributed by atoms with Gasteiger partial charge in [-0.25, -0.2) is 0 Å². The highest BCUT2D eigenvalue weighted by Crippen LogP contribution is 2.31. The topological polar surface area (TPSA) is 41.5 Å². The fraction of sp³-hybridized carbons (Fsp3) is 0.600. The lowest BCUT2D eigenvalue weighted by atomic mass is 9.91. The Morgan fingerprint density at radius 3 is 2.33 bits per heavy atom. The van der Waals surface area contributed by atoms with Crippen LogP contribution in [-0.2, 0) is 16.5 Å². The average Bonchev–Trinajstić information content (AvgIpc) is 2.97. The van der Waals surface area contributed by atoms with E-state index in [0.717, 1.165) is 31.6 Å². The summed E-state index contributed by atoms with van der Waals surface area (Å²) in [6.07, 6.45) is -2.27. The van der Waals surface area contributed by atoms with Crippen molar-refractivity contribution in [1.82, 2.24) is 5.32 Å². The maximum absolute atomic E-state index is 12.6. The van der Waals surface area contributed by atoms with Crippen LogP contribution in [0.15, 0.2) is 24.3 Å². The van der Waals surface area contributed by atoms with Crippen molar-refractivity contribution in [2.45, 2.75) is 37.6 Å². The van der Waals surface area contributed by atoms with Gasteiger partial charge in [0.05, 0.1) is 23.8 Å². The molecule has 6 heteroatoms. The summed E-state index contributed by atoms with van der Waals surface area (Å²) in [5.74, 6) is 0. The van der Waals surface area contributed by atoms with Crippen LogP contribution < -0.4 is 5.32 Å². The molecule has 1 aliphatic heterocycles. The molecule has 0 saturated carbocycles. The fourth-order valence-corrected chi connectivity index (χ4v) is 2.42. The highest BCUT2D eigenvalue weighted by Gasteiger charge is 2.32. The number of hydrogen-bond acceptors (Lipinski definition) is 3. The van der Waals surface area contributed by atoms with Gasteiger partial charge >= 0.3 is 6.18 Å². The van der Waals surface area contributed by atoms with Crippen LogP contribution in [0.1, 0.15) is 30.9 Å². The standard InChI is InChI=1S/C15H20F3NO2/c1-14(10-20,19-9-13-3-2-8-21-13)11-4-6-12(7-5-11)15(16,17)18/h4-7,13,19-20H,2-3,8-10H2,1H3. The van der Waals surface area contributed by atoms with Crippen LogP contribution in [0.3, 0.4) is 0 Å². The van der Waals surface area contributed by atoms with Crippen molar-refractivity contribution in [3.63, 3.8) is 0 Å². The highest BCUT2D eigenvalue weighted by molar-refractivity contribution is 5.29. The summed E-state index contributed by atoms with van der Waals surface area (Å²) in [6.45, 7) is 2.87. The lowest BCUT2D eigenvalue weighted by Gasteiger charge is -2.31. The maximum atomic E-state index is 12.6. The molecule has 0 spiro atoms. The summed E-state index contributed by atoms with van der Waals surface area (Å²) in [4.78, 5) is 0. The third-order valence-electron chi connectivity index (χ3n) is 3.91. The number of ether oxygens (including phenoxy) is 1. The van der Waals surface area contributed by atoms with Gasteiger partial charge in [-0.1, -0.05) is 12.1 Å². The fourth-order valence-electron chi connectivity index (χ4n) is 2.42. The molecule has 1 fully saturated rings. The number of hydrogen-bond donors (Lipinski definition) is 2. The molecule has 0 radical (unpaired) electrons. The van der Waals surface area contributed by atoms with E-state index < -0.39 is 17.3 Å². The molecule has 0 aromatic heterocycles. The number of benzene rings is 1. The minimum Gasteiger partial charge on any atom is -0.394 e. The van der Waals surface area contributed by atoms with E-state index in [0.29, 0.717) is 12.1 Å². The Bertz CT molecular complexity index is 455. The molecular weight excluding hydrogens is 283 g/mol. The number of rotatable bonds is 5. The molecule has 2 rings (SSSR count). The van der Waals surface area contributed by atoms with Crippen molar-refractivity contribution >= 4 is 0 Å². The smallest absolute Gasteiger partial charge is 0.394 e. The van der Waals surface area contributed by atoms with Crippen molar-refractivity contribution in [3.05, 3.63) is 35.4 Å². The second-order valence-electron chi connectivity index (χ2n) is 5.58. The molecule has 118 valence electrons. The molecule has 0 aliphatic carbocycles. The third-order valence-corrected chi connectivity index (χ3v) is 3.91. The lowest BCUT2D eigenvalue weighted by molar-refractivity contribution is -0.137. The van der Waals surface area contributed by atoms with E-state index in [2.05, 4.69) is 5.32 Å². The first-order chi connectivity index (χ1) is 9.85. The van der Waals surface area contributed by atoms with E-state index in [-0.39, 0.29) is 12.7 Å². The van der Waals surface area contributed by atoms with E-state index in [1.807, 2.05) is 0 Å². The molecule has 2 atom stereocenters. The molecule has 1 aliphatic rings. The van der Waals surface area contributed by atoms with Crippen LogP contribution in [0.25, 0.3) is 0 Å². The summed E-state index contributed by atoms with van der Waals surface area (Å²) >= 11 is 0. The monoisotopic (exact) mass is 303 g/mol. The van der Waals surface area contributed by atoms with Crippen molar-refractivity contribution in [3.8, 4) is 0 Å². The summed E-state index contributed by atoms with van der Waals surface area (Å²) in [5.41, 5.74) is -0.850. The molecule has 1 heterocycles. The zero-order valence-electron chi connectivity index (χ0n) is 11.9. The second-order valence-corrected chi connectivity index (χ2v) is 5.58. The zero-order chi connectivity index (χ0) is 15.5. The first-order valence-electron chi connectivity index (χ1n) is 7.00. The van der Waals surface area contributed by atoms with Gasteiger partial charge in [0.2, 0.25) is 0 Å². The zero-order valence-corrected chi connectivity index (χ0v) is 11.9. The molecule has 0 bridgehead atoms. The van der Waals surface area contributed by atoms with Crippen molar-refractivity contribution in [1.29, 1.82) is 0 Å². The molecule has 1 aromatic carbocycles. The second kappa shape index (κ2) is 6.34. The van der Waals surface area contributed by atoms with Gasteiger partial charge in [-0.15, -0.1) is 0 Å². The van der Waals surface area contributed by atoms with Crippen molar-refractivity contribution in [2.24, 2.45) is 0 Å². The minimum absolute atomic E-state index is 0.102. The van der Waals surface area contributed by atoms with Gasteiger partial charge in [0.1, 0.15) is 0 Å². The third kappa shape index (κ3) is 3.96. The number of aliphatic hydroxyl groups is 1. The molecular formula is C15H20F3NO2. The number of alkyl halides is 3. The Hall–Kier alpha value is -1.11. The molecule has 1 saturated heterocycles. The quantitative estimate of drug-likeness (QED) is 0.879. The maximum Gasteiger partial charge on any atom is 0.416 e. The molecule has 0 amide bonds. The van der Waals surface area contributed by atoms with Gasteiger partial charge in [0.25, 0.3) is 0 Å². The van der Waals surface area contributed by atoms with E-state index in [1.165, 1.54) is 12.1 Å². The van der Waals surface area contributed by atoms with E-state index in [9.17, 15) is 18.3 Å². The summed E-state index contributed by atoms with van der Waals surface area (Å²) < 4.78 is 43.2. The molecule has 3 nitrogen and oxygen atoms in total. The summed E-state index contributed by atoms with van der Waals surface area (Å²) in [6, 6.07) is 4.89. The Balaban J connectivity index is 2.07. The van der Waals surface area contributed by atoms with Crippen LogP contribution in [-0.4, -0.2) is 31.0 Å². The Kier molecular flexibility index (Phi) is 4.91. The van der Waals surface area contributed by atoms with Crippen LogP contribution in [0.4, 0.5) is 13.2 Å². The molecule has 1 aromatic rings. The predicted molar refractivity (Wildman–Crippen MR) is 72.9 cm³/mol. The first kappa shape index (κ1) is 16.3. The van der Waals surface area contributed by atoms with E-state index in [1.54, 1.807) is 6.92 Å². The minimum atomic E-state index is -4.35. The SMILES string of the molecule is CC(CO)(NCC1CCCO1)c1ccc(C(F)(F)F)cc1. The van der Waals surface area contributed by atoms with Gasteiger partial charge in [-0.3, -0.25) is 0 Å². The largest absolute Gasteiger partial charge is 0.416 e. The van der Waals surface area contributed by atoms with Crippen LogP contribution >= 0.6 is 0 Å². The Morgan fingerprint density at radius 2 is 1.86 bits per heavy atom. The van der Waals surface area contributed by atoms with Crippen molar-refractivity contribution < 1.29 is 23.0 Å². The van der Waals surface area contributed by atoms with Gasteiger partial charge in [0.15, 0.2) is 0 Å². The Labute approximate surface area is 122 Å². The van der Waals surface area contributed by atoms with Gasteiger partial charge in [-0.2, -0.15) is 13.2 Å². The van der Waals surface area contributed by atoms with Gasteiger partial charge in [-0.05, 0) is 37.5 Å². The van der Waals surface area contributed by atoms with Crippen LogP contribution in [0.2, 0.25) is 0 Å². The molecule has 2 unspecified atom stereocenters. The highest BCUT2D eigenvalue weighted by atomic mass is 19.4. The first-order valence-corrected chi connectivity index (χ1v) is 7.00. The lowest BCUT2D eigenvalue weighted by Crippen LogP contribution is -2.46. The van der Waals surface area contributed by atoms with E-state index >= 15 is 0 Å². The van der Waals surface area contributed by atoms with Gasteiger partial charge < -0.3 is 15.2 Å². The molecule has 2 N–H and O–H groups in total. The van der Waals surface area contributed by atoms with E-state index in [4.69, 9.17) is 4.74 Å². The average molecular weight is 303 g/mol. The summed E-state index contributed by atoms with van der Waals surface area (Å²) in [7, 11) is 0. The van der Waals surface area contributed by atoms with Crippen molar-refractivity contribution in [2.75, 3.05) is 19.8 Å². The normalized spacial score (nSPS) is 22.2. The number of nitrogens with one attached hydrogen (secondary N) is 1. The number of aliphatic hydroxyl groups excluding tert-OH is 1. The van der Waals surface area contributed by atoms with Gasteiger partial charge in [0, 0.05) is 13.2 Å². The summed E-state index contributed by atoms with van der Waals surface area (Å²) in [5, 5.41) is 12.8.